The molecule has 0 spiro atoms. The Morgan fingerprint density at radius 2 is 1.59 bits per heavy atom. The number of amides is 1. The first-order valence-electron chi connectivity index (χ1n) is 5.65. The fraction of sp³-hybridized carbons (Fsp3) is 0.667. The van der Waals surface area contributed by atoms with Crippen molar-refractivity contribution in [2.45, 2.75) is 32.1 Å². The van der Waals surface area contributed by atoms with Gasteiger partial charge in [0.05, 0.1) is 18.2 Å². The molecule has 0 bridgehead atoms. The third kappa shape index (κ3) is 2.74. The summed E-state index contributed by atoms with van der Waals surface area (Å²) >= 11 is 0. The summed E-state index contributed by atoms with van der Waals surface area (Å²) in [6, 6.07) is 5.82. The molecule has 1 rings (SSSR count). The number of nitriles is 3. The van der Waals surface area contributed by atoms with Crippen LogP contribution in [0.3, 0.4) is 0 Å². The molecule has 0 unspecified atom stereocenters. The smallest absolute Gasteiger partial charge is 0.244 e. The Balaban J connectivity index is 2.88. The van der Waals surface area contributed by atoms with E-state index in [-0.39, 0.29) is 19.0 Å². The van der Waals surface area contributed by atoms with Crippen LogP contribution in [0, 0.1) is 39.4 Å². The zero-order chi connectivity index (χ0) is 12.7. The van der Waals surface area contributed by atoms with Gasteiger partial charge >= 0.3 is 0 Å². The molecule has 88 valence electrons. The van der Waals surface area contributed by atoms with E-state index in [0.29, 0.717) is 12.8 Å². The quantitative estimate of drug-likeness (QED) is 0.684. The van der Waals surface area contributed by atoms with Crippen LogP contribution >= 0.6 is 0 Å². The van der Waals surface area contributed by atoms with E-state index in [0.717, 1.165) is 19.3 Å². The van der Waals surface area contributed by atoms with Gasteiger partial charge in [0.1, 0.15) is 18.5 Å². The highest BCUT2D eigenvalue weighted by Crippen LogP contribution is 2.37. The monoisotopic (exact) mass is 230 g/mol. The van der Waals surface area contributed by atoms with Crippen molar-refractivity contribution in [1.29, 1.82) is 15.8 Å². The molecule has 0 atom stereocenters. The van der Waals surface area contributed by atoms with E-state index in [1.165, 1.54) is 4.90 Å². The third-order valence-electron chi connectivity index (χ3n) is 3.14. The molecular weight excluding hydrogens is 216 g/mol. The minimum atomic E-state index is -1.01. The van der Waals surface area contributed by atoms with Gasteiger partial charge < -0.3 is 4.90 Å². The Labute approximate surface area is 101 Å². The Hall–Kier alpha value is -2.06. The van der Waals surface area contributed by atoms with Gasteiger partial charge in [-0.1, -0.05) is 19.3 Å². The van der Waals surface area contributed by atoms with Gasteiger partial charge in [0.15, 0.2) is 0 Å². The molecule has 5 heteroatoms. The molecule has 0 saturated heterocycles. The summed E-state index contributed by atoms with van der Waals surface area (Å²) in [4.78, 5) is 13.4. The molecule has 0 heterocycles. The van der Waals surface area contributed by atoms with Gasteiger partial charge in [-0.25, -0.2) is 0 Å². The van der Waals surface area contributed by atoms with E-state index in [1.54, 1.807) is 0 Å². The molecule has 1 aliphatic carbocycles. The summed E-state index contributed by atoms with van der Waals surface area (Å²) in [6.07, 6.45) is 3.82. The molecular formula is C12H14N4O. The van der Waals surface area contributed by atoms with Crippen LogP contribution in [0.15, 0.2) is 0 Å². The van der Waals surface area contributed by atoms with Crippen LogP contribution in [-0.2, 0) is 4.79 Å². The highest BCUT2D eigenvalue weighted by molar-refractivity contribution is 5.86. The summed E-state index contributed by atoms with van der Waals surface area (Å²) in [6.45, 7) is -0.258. The molecule has 0 aromatic carbocycles. The molecule has 0 aromatic heterocycles. The largest absolute Gasteiger partial charge is 0.315 e. The van der Waals surface area contributed by atoms with Crippen LogP contribution in [0.2, 0.25) is 0 Å². The average Bonchev–Trinajstić information content (AvgIpc) is 2.38. The standard InChI is InChI=1S/C12H14N4O/c13-6-8-16(9-7-14)11(17)12(10-15)4-2-1-3-5-12/h1-5,8-9H2. The summed E-state index contributed by atoms with van der Waals surface area (Å²) in [5.41, 5.74) is -1.01. The Morgan fingerprint density at radius 1 is 1.06 bits per heavy atom. The van der Waals surface area contributed by atoms with Crippen LogP contribution in [0.25, 0.3) is 0 Å². The molecule has 1 aliphatic rings. The van der Waals surface area contributed by atoms with Crippen molar-refractivity contribution in [3.8, 4) is 18.2 Å². The van der Waals surface area contributed by atoms with Gasteiger partial charge in [0.25, 0.3) is 0 Å². The van der Waals surface area contributed by atoms with Crippen LogP contribution in [0.5, 0.6) is 0 Å². The van der Waals surface area contributed by atoms with Gasteiger partial charge in [-0.05, 0) is 12.8 Å². The Kier molecular flexibility index (Phi) is 4.49. The van der Waals surface area contributed by atoms with Crippen molar-refractivity contribution in [2.24, 2.45) is 5.41 Å². The van der Waals surface area contributed by atoms with E-state index in [4.69, 9.17) is 10.5 Å². The van der Waals surface area contributed by atoms with Crippen LogP contribution in [-0.4, -0.2) is 23.9 Å². The number of rotatable bonds is 3. The molecule has 0 radical (unpaired) electrons. The highest BCUT2D eigenvalue weighted by atomic mass is 16.2. The van der Waals surface area contributed by atoms with Gasteiger partial charge in [-0.2, -0.15) is 15.8 Å². The van der Waals surface area contributed by atoms with Gasteiger partial charge in [-0.3, -0.25) is 4.79 Å². The SMILES string of the molecule is N#CCN(CC#N)C(=O)C1(C#N)CCCCC1. The number of carbonyl (C=O) groups excluding carboxylic acids is 1. The second-order valence-electron chi connectivity index (χ2n) is 4.23. The zero-order valence-electron chi connectivity index (χ0n) is 9.65. The fourth-order valence-corrected chi connectivity index (χ4v) is 2.20. The Bertz CT molecular complexity index is 388. The third-order valence-corrected chi connectivity index (χ3v) is 3.14. The molecule has 17 heavy (non-hydrogen) atoms. The molecule has 1 saturated carbocycles. The number of nitrogens with zero attached hydrogens (tertiary/aromatic N) is 4. The highest BCUT2D eigenvalue weighted by Gasteiger charge is 2.42. The van der Waals surface area contributed by atoms with Gasteiger partial charge in [0.2, 0.25) is 5.91 Å². The van der Waals surface area contributed by atoms with Crippen LogP contribution < -0.4 is 0 Å². The lowest BCUT2D eigenvalue weighted by atomic mass is 9.74. The normalized spacial score (nSPS) is 17.2. The lowest BCUT2D eigenvalue weighted by Gasteiger charge is -2.32. The summed E-state index contributed by atoms with van der Waals surface area (Å²) in [5.74, 6) is -0.359. The summed E-state index contributed by atoms with van der Waals surface area (Å²) in [7, 11) is 0. The first-order chi connectivity index (χ1) is 8.20. The van der Waals surface area contributed by atoms with Crippen molar-refractivity contribution < 1.29 is 4.79 Å². The van der Waals surface area contributed by atoms with Crippen molar-refractivity contribution in [3.05, 3.63) is 0 Å². The number of carbonyl (C=O) groups is 1. The van der Waals surface area contributed by atoms with E-state index in [9.17, 15) is 10.1 Å². The maximum atomic E-state index is 12.2. The first-order valence-corrected chi connectivity index (χ1v) is 5.65. The number of hydrogen-bond acceptors (Lipinski definition) is 4. The molecule has 5 nitrogen and oxygen atoms in total. The van der Waals surface area contributed by atoms with Crippen molar-refractivity contribution in [1.82, 2.24) is 4.90 Å². The van der Waals surface area contributed by atoms with E-state index >= 15 is 0 Å². The molecule has 0 N–H and O–H groups in total. The van der Waals surface area contributed by atoms with Gasteiger partial charge in [0, 0.05) is 0 Å². The topological polar surface area (TPSA) is 91.7 Å². The second-order valence-corrected chi connectivity index (χ2v) is 4.23. The first kappa shape index (κ1) is 13.0. The summed E-state index contributed by atoms with van der Waals surface area (Å²) in [5, 5.41) is 26.5. The maximum absolute atomic E-state index is 12.2. The minimum Gasteiger partial charge on any atom is -0.315 e. The maximum Gasteiger partial charge on any atom is 0.244 e. The Morgan fingerprint density at radius 3 is 2.00 bits per heavy atom. The van der Waals surface area contributed by atoms with E-state index in [2.05, 4.69) is 6.07 Å². The molecule has 0 aliphatic heterocycles. The fourth-order valence-electron chi connectivity index (χ4n) is 2.20. The molecule has 0 aromatic rings. The average molecular weight is 230 g/mol. The predicted molar refractivity (Wildman–Crippen MR) is 58.9 cm³/mol. The minimum absolute atomic E-state index is 0.129. The van der Waals surface area contributed by atoms with E-state index < -0.39 is 5.41 Å². The van der Waals surface area contributed by atoms with Crippen molar-refractivity contribution in [3.63, 3.8) is 0 Å². The lowest BCUT2D eigenvalue weighted by molar-refractivity contribution is -0.139. The number of hydrogen-bond donors (Lipinski definition) is 0. The summed E-state index contributed by atoms with van der Waals surface area (Å²) < 4.78 is 0. The second kappa shape index (κ2) is 5.87. The molecule has 1 amide bonds. The van der Waals surface area contributed by atoms with E-state index in [1.807, 2.05) is 12.1 Å². The van der Waals surface area contributed by atoms with Gasteiger partial charge in [-0.15, -0.1) is 0 Å². The van der Waals surface area contributed by atoms with Crippen LogP contribution in [0.4, 0.5) is 0 Å². The van der Waals surface area contributed by atoms with Crippen LogP contribution in [0.1, 0.15) is 32.1 Å². The van der Waals surface area contributed by atoms with Crippen molar-refractivity contribution >= 4 is 5.91 Å². The molecule has 1 fully saturated rings. The zero-order valence-corrected chi connectivity index (χ0v) is 9.65. The predicted octanol–water partition coefficient (Wildman–Crippen LogP) is 1.34. The lowest BCUT2D eigenvalue weighted by Crippen LogP contribution is -2.44. The van der Waals surface area contributed by atoms with Crippen molar-refractivity contribution in [2.75, 3.05) is 13.1 Å².